The minimum absolute atomic E-state index is 0.0561. The number of aromatic nitrogens is 2. The van der Waals surface area contributed by atoms with Crippen molar-refractivity contribution in [2.75, 3.05) is 14.1 Å². The van der Waals surface area contributed by atoms with Gasteiger partial charge >= 0.3 is 0 Å². The summed E-state index contributed by atoms with van der Waals surface area (Å²) in [5, 5.41) is 2.85. The van der Waals surface area contributed by atoms with E-state index in [-0.39, 0.29) is 11.6 Å². The first-order valence-electron chi connectivity index (χ1n) is 6.11. The Morgan fingerprint density at radius 1 is 1.45 bits per heavy atom. The van der Waals surface area contributed by atoms with Crippen molar-refractivity contribution in [3.8, 4) is 0 Å². The Labute approximate surface area is 118 Å². The fourth-order valence-corrected chi connectivity index (χ4v) is 2.80. The van der Waals surface area contributed by atoms with Crippen molar-refractivity contribution < 1.29 is 12.8 Å². The van der Waals surface area contributed by atoms with Crippen LogP contribution in [-0.4, -0.2) is 36.4 Å². The average molecular weight is 298 g/mol. The van der Waals surface area contributed by atoms with Crippen molar-refractivity contribution >= 4 is 10.0 Å². The van der Waals surface area contributed by atoms with E-state index in [9.17, 15) is 8.42 Å². The number of imidazole rings is 1. The Hall–Kier alpha value is -1.64. The molecule has 110 valence electrons. The highest BCUT2D eigenvalue weighted by atomic mass is 32.2. The van der Waals surface area contributed by atoms with E-state index in [1.165, 1.54) is 17.4 Å². The number of nitrogens with zero attached hydrogens (tertiary/aromatic N) is 3. The molecule has 0 aromatic carbocycles. The van der Waals surface area contributed by atoms with E-state index in [1.807, 2.05) is 7.05 Å². The first kappa shape index (κ1) is 14.8. The molecule has 0 aliphatic heterocycles. The predicted octanol–water partition coefficient (Wildman–Crippen LogP) is 0.553. The van der Waals surface area contributed by atoms with Crippen LogP contribution in [0.25, 0.3) is 0 Å². The van der Waals surface area contributed by atoms with Gasteiger partial charge in [0.15, 0.2) is 0 Å². The lowest BCUT2D eigenvalue weighted by molar-refractivity contribution is 0.379. The highest BCUT2D eigenvalue weighted by molar-refractivity contribution is 7.88. The van der Waals surface area contributed by atoms with Crippen LogP contribution in [-0.2, 0) is 30.2 Å². The Balaban J connectivity index is 2.18. The van der Waals surface area contributed by atoms with Gasteiger partial charge in [0, 0.05) is 26.5 Å². The molecule has 2 rings (SSSR count). The molecule has 2 heterocycles. The predicted molar refractivity (Wildman–Crippen MR) is 73.3 cm³/mol. The summed E-state index contributed by atoms with van der Waals surface area (Å²) >= 11 is 0. The SMILES string of the molecule is CNCc1ccc(S(=O)(=O)N(C)Cc2nccn2C)o1. The third-order valence-electron chi connectivity index (χ3n) is 2.94. The molecule has 1 N–H and O–H groups in total. The van der Waals surface area contributed by atoms with Crippen LogP contribution in [0.1, 0.15) is 11.6 Å². The molecular formula is C12H18N4O3S. The number of rotatable bonds is 6. The van der Waals surface area contributed by atoms with Crippen molar-refractivity contribution in [1.82, 2.24) is 19.2 Å². The summed E-state index contributed by atoms with van der Waals surface area (Å²) in [7, 11) is 1.45. The minimum atomic E-state index is -3.64. The van der Waals surface area contributed by atoms with Gasteiger partial charge in [-0.05, 0) is 19.2 Å². The highest BCUT2D eigenvalue weighted by Gasteiger charge is 2.25. The van der Waals surface area contributed by atoms with Crippen LogP contribution in [0.5, 0.6) is 0 Å². The van der Waals surface area contributed by atoms with Crippen LogP contribution in [0.15, 0.2) is 34.0 Å². The summed E-state index contributed by atoms with van der Waals surface area (Å²) < 4.78 is 33.1. The maximum atomic E-state index is 12.4. The van der Waals surface area contributed by atoms with E-state index in [4.69, 9.17) is 4.42 Å². The molecule has 0 unspecified atom stereocenters. The van der Waals surface area contributed by atoms with E-state index >= 15 is 0 Å². The summed E-state index contributed by atoms with van der Waals surface area (Å²) in [5.41, 5.74) is 0. The molecule has 7 nitrogen and oxygen atoms in total. The number of aryl methyl sites for hydroxylation is 1. The van der Waals surface area contributed by atoms with Gasteiger partial charge in [0.1, 0.15) is 11.6 Å². The first-order chi connectivity index (χ1) is 9.45. The van der Waals surface area contributed by atoms with Crippen molar-refractivity contribution in [3.63, 3.8) is 0 Å². The van der Waals surface area contributed by atoms with Gasteiger partial charge < -0.3 is 14.3 Å². The van der Waals surface area contributed by atoms with Crippen LogP contribution in [0.3, 0.4) is 0 Å². The molecule has 0 radical (unpaired) electrons. The van der Waals surface area contributed by atoms with Gasteiger partial charge in [-0.3, -0.25) is 0 Å². The summed E-state index contributed by atoms with van der Waals surface area (Å²) in [5.74, 6) is 1.24. The molecule has 0 spiro atoms. The van der Waals surface area contributed by atoms with Crippen LogP contribution < -0.4 is 5.32 Å². The quantitative estimate of drug-likeness (QED) is 0.842. The Kier molecular flexibility index (Phi) is 4.26. The Bertz CT molecular complexity index is 674. The maximum absolute atomic E-state index is 12.4. The topological polar surface area (TPSA) is 80.4 Å². The van der Waals surface area contributed by atoms with Crippen LogP contribution in [0, 0.1) is 0 Å². The van der Waals surface area contributed by atoms with E-state index < -0.39 is 10.0 Å². The molecule has 0 fully saturated rings. The fourth-order valence-electron chi connectivity index (χ4n) is 1.75. The van der Waals surface area contributed by atoms with Gasteiger partial charge in [0.05, 0.1) is 13.1 Å². The Morgan fingerprint density at radius 3 is 2.80 bits per heavy atom. The third-order valence-corrected chi connectivity index (χ3v) is 4.62. The zero-order valence-electron chi connectivity index (χ0n) is 11.7. The summed E-state index contributed by atoms with van der Waals surface area (Å²) in [4.78, 5) is 4.11. The molecule has 0 amide bonds. The van der Waals surface area contributed by atoms with Crippen molar-refractivity contribution in [2.45, 2.75) is 18.2 Å². The third kappa shape index (κ3) is 2.92. The number of furan rings is 1. The maximum Gasteiger partial charge on any atom is 0.276 e. The van der Waals surface area contributed by atoms with Crippen molar-refractivity contribution in [2.24, 2.45) is 7.05 Å². The number of hydrogen-bond donors (Lipinski definition) is 1. The highest BCUT2D eigenvalue weighted by Crippen LogP contribution is 2.19. The van der Waals surface area contributed by atoms with Crippen LogP contribution >= 0.6 is 0 Å². The van der Waals surface area contributed by atoms with E-state index in [0.717, 1.165) is 0 Å². The summed E-state index contributed by atoms with van der Waals surface area (Å²) in [6.07, 6.45) is 3.40. The monoisotopic (exact) mass is 298 g/mol. The second kappa shape index (κ2) is 5.78. The number of sulfonamides is 1. The van der Waals surface area contributed by atoms with Gasteiger partial charge in [-0.15, -0.1) is 0 Å². The zero-order valence-corrected chi connectivity index (χ0v) is 12.5. The molecule has 2 aromatic rings. The van der Waals surface area contributed by atoms with Gasteiger partial charge in [-0.1, -0.05) is 0 Å². The second-order valence-electron chi connectivity index (χ2n) is 4.47. The molecule has 0 atom stereocenters. The molecule has 20 heavy (non-hydrogen) atoms. The van der Waals surface area contributed by atoms with Gasteiger partial charge in [-0.2, -0.15) is 4.31 Å². The standard InChI is InChI=1S/C12H18N4O3S/c1-13-8-10-4-5-12(19-10)20(17,18)16(3)9-11-14-6-7-15(11)2/h4-7,13H,8-9H2,1-3H3. The lowest BCUT2D eigenvalue weighted by atomic mass is 10.4. The first-order valence-corrected chi connectivity index (χ1v) is 7.55. The van der Waals surface area contributed by atoms with Gasteiger partial charge in [-0.25, -0.2) is 13.4 Å². The number of nitrogens with one attached hydrogen (secondary N) is 1. The van der Waals surface area contributed by atoms with Crippen molar-refractivity contribution in [1.29, 1.82) is 0 Å². The summed E-state index contributed by atoms with van der Waals surface area (Å²) in [6.45, 7) is 0.673. The fraction of sp³-hybridized carbons (Fsp3) is 0.417. The lowest BCUT2D eigenvalue weighted by Crippen LogP contribution is -2.27. The molecule has 8 heteroatoms. The van der Waals surface area contributed by atoms with E-state index in [2.05, 4.69) is 10.3 Å². The smallest absolute Gasteiger partial charge is 0.276 e. The molecule has 0 bridgehead atoms. The minimum Gasteiger partial charge on any atom is -0.447 e. The van der Waals surface area contributed by atoms with Gasteiger partial charge in [0.25, 0.3) is 10.0 Å². The number of hydrogen-bond acceptors (Lipinski definition) is 5. The normalized spacial score (nSPS) is 12.2. The summed E-state index contributed by atoms with van der Waals surface area (Å²) in [6, 6.07) is 3.12. The average Bonchev–Trinajstić information content (AvgIpc) is 3.00. The molecular weight excluding hydrogens is 280 g/mol. The van der Waals surface area contributed by atoms with E-state index in [1.54, 1.807) is 30.1 Å². The van der Waals surface area contributed by atoms with Crippen LogP contribution in [0.2, 0.25) is 0 Å². The van der Waals surface area contributed by atoms with E-state index in [0.29, 0.717) is 18.1 Å². The van der Waals surface area contributed by atoms with Crippen molar-refractivity contribution in [3.05, 3.63) is 36.1 Å². The molecule has 0 aliphatic rings. The molecule has 0 aliphatic carbocycles. The molecule has 0 saturated heterocycles. The van der Waals surface area contributed by atoms with Gasteiger partial charge in [0.2, 0.25) is 5.09 Å². The molecule has 2 aromatic heterocycles. The van der Waals surface area contributed by atoms with Crippen LogP contribution in [0.4, 0.5) is 0 Å². The Morgan fingerprint density at radius 2 is 2.20 bits per heavy atom. The zero-order chi connectivity index (χ0) is 14.8. The second-order valence-corrected chi connectivity index (χ2v) is 6.44. The largest absolute Gasteiger partial charge is 0.447 e. The molecule has 0 saturated carbocycles. The lowest BCUT2D eigenvalue weighted by Gasteiger charge is -2.15.